The number of methoxy groups -OCH3 is 1. The van der Waals surface area contributed by atoms with Crippen LogP contribution in [0.2, 0.25) is 0 Å². The van der Waals surface area contributed by atoms with E-state index < -0.39 is 15.9 Å². The largest absolute Gasteiger partial charge is 0.497 e. The fraction of sp³-hybridized carbons (Fsp3) is 0.176. The Balaban J connectivity index is 2.36. The van der Waals surface area contributed by atoms with E-state index in [2.05, 4.69) is 20.6 Å². The van der Waals surface area contributed by atoms with Gasteiger partial charge < -0.3 is 21.5 Å². The second kappa shape index (κ2) is 7.18. The lowest BCUT2D eigenvalue weighted by molar-refractivity contribution is 0.413. The van der Waals surface area contributed by atoms with Crippen molar-refractivity contribution in [3.63, 3.8) is 0 Å². The molecule has 1 aromatic carbocycles. The normalized spacial score (nSPS) is 15.2. The number of hydrogen-bond donors (Lipinski definition) is 4. The Morgan fingerprint density at radius 1 is 1.31 bits per heavy atom. The molecular weight excluding hydrogens is 396 g/mol. The van der Waals surface area contributed by atoms with Gasteiger partial charge in [0.1, 0.15) is 35.1 Å². The van der Waals surface area contributed by atoms with Crippen LogP contribution in [0.25, 0.3) is 0 Å². The van der Waals surface area contributed by atoms with Crippen LogP contribution < -0.4 is 26.8 Å². The summed E-state index contributed by atoms with van der Waals surface area (Å²) in [6.07, 6.45) is 2.78. The summed E-state index contributed by atoms with van der Waals surface area (Å²) in [7, 11) is -2.28. The number of sulfone groups is 1. The summed E-state index contributed by atoms with van der Waals surface area (Å²) in [5.41, 5.74) is 12.5. The molecule has 0 amide bonds. The van der Waals surface area contributed by atoms with Gasteiger partial charge in [-0.1, -0.05) is 6.07 Å². The van der Waals surface area contributed by atoms with Gasteiger partial charge in [-0.05, 0) is 12.1 Å². The molecule has 1 atom stereocenters. The first-order valence-electron chi connectivity index (χ1n) is 8.08. The number of pyridine rings is 1. The molecule has 1 aromatic heterocycles. The highest BCUT2D eigenvalue weighted by atomic mass is 32.2. The molecule has 2 aromatic rings. The quantitative estimate of drug-likeness (QED) is 0.407. The molecule has 1 unspecified atom stereocenters. The van der Waals surface area contributed by atoms with E-state index >= 15 is 0 Å². The summed E-state index contributed by atoms with van der Waals surface area (Å²) in [4.78, 5) is 8.48. The molecule has 6 N–H and O–H groups in total. The lowest BCUT2D eigenvalue weighted by Crippen LogP contribution is -2.33. The predicted molar refractivity (Wildman–Crippen MR) is 106 cm³/mol. The molecule has 0 saturated heterocycles. The van der Waals surface area contributed by atoms with Gasteiger partial charge >= 0.3 is 0 Å². The molecule has 0 aliphatic carbocycles. The van der Waals surface area contributed by atoms with Crippen molar-refractivity contribution in [1.29, 1.82) is 10.5 Å². The van der Waals surface area contributed by atoms with Crippen LogP contribution in [0.3, 0.4) is 0 Å². The predicted octanol–water partition coefficient (Wildman–Crippen LogP) is 0.471. The highest BCUT2D eigenvalue weighted by Gasteiger charge is 2.32. The van der Waals surface area contributed by atoms with Crippen LogP contribution in [0.5, 0.6) is 5.75 Å². The molecule has 1 aliphatic rings. The third-order valence-corrected chi connectivity index (χ3v) is 5.42. The first-order chi connectivity index (χ1) is 13.7. The van der Waals surface area contributed by atoms with E-state index in [-0.39, 0.29) is 44.9 Å². The minimum Gasteiger partial charge on any atom is -0.497 e. The van der Waals surface area contributed by atoms with Gasteiger partial charge in [-0.15, -0.1) is 0 Å². The van der Waals surface area contributed by atoms with Crippen LogP contribution in [0.4, 0.5) is 17.3 Å². The van der Waals surface area contributed by atoms with Crippen molar-refractivity contribution in [2.75, 3.05) is 30.1 Å². The Kier molecular flexibility index (Phi) is 4.88. The van der Waals surface area contributed by atoms with E-state index in [1.54, 1.807) is 12.3 Å². The Bertz CT molecular complexity index is 1220. The Labute approximate surface area is 166 Å². The number of nitrogen functional groups attached to an aromatic ring is 2. The Morgan fingerprint density at radius 3 is 2.62 bits per heavy atom. The van der Waals surface area contributed by atoms with Gasteiger partial charge in [-0.25, -0.2) is 18.4 Å². The summed E-state index contributed by atoms with van der Waals surface area (Å²) in [6.45, 7) is 0. The topological polar surface area (TPSA) is 192 Å². The molecular formula is C17H16N8O3S. The minimum absolute atomic E-state index is 0.0162. The number of nitrogens with zero attached hydrogens (tertiary/aromatic N) is 4. The third kappa shape index (κ3) is 3.44. The number of aliphatic imine (C=N–C) groups is 1. The van der Waals surface area contributed by atoms with Gasteiger partial charge in [0.2, 0.25) is 5.96 Å². The summed E-state index contributed by atoms with van der Waals surface area (Å²) in [5.74, 6) is 0.415. The molecule has 1 aliphatic heterocycles. The SMILES string of the molecule is COc1ccc(C2N=C(NC#N)Nc3nc(N)c(C#N)c(N)c32)c(S(C)(=O)=O)c1. The molecule has 3 rings (SSSR count). The van der Waals surface area contributed by atoms with Crippen molar-refractivity contribution >= 4 is 33.1 Å². The second-order valence-electron chi connectivity index (χ2n) is 6.08. The van der Waals surface area contributed by atoms with E-state index in [1.807, 2.05) is 6.07 Å². The van der Waals surface area contributed by atoms with Gasteiger partial charge in [-0.3, -0.25) is 5.32 Å². The number of benzene rings is 1. The average molecular weight is 412 g/mol. The molecule has 2 heterocycles. The molecule has 0 saturated carbocycles. The van der Waals surface area contributed by atoms with Crippen molar-refractivity contribution in [1.82, 2.24) is 10.3 Å². The molecule has 0 spiro atoms. The number of rotatable bonds is 3. The standard InChI is InChI=1S/C17H16N8O3S/c1-28-8-3-4-9(11(5-8)29(2,26)27)14-12-13(20)10(6-18)15(21)24-16(12)25-17(23-14)22-7-19/h3-5,14H,1-2H3,(H6,20,21,22,23,24,25). The Morgan fingerprint density at radius 2 is 2.03 bits per heavy atom. The highest BCUT2D eigenvalue weighted by molar-refractivity contribution is 7.90. The van der Waals surface area contributed by atoms with Gasteiger partial charge in [0.15, 0.2) is 16.0 Å². The number of hydrogen-bond acceptors (Lipinski definition) is 11. The van der Waals surface area contributed by atoms with Crippen LogP contribution in [0.15, 0.2) is 28.1 Å². The van der Waals surface area contributed by atoms with Crippen molar-refractivity contribution in [3.05, 3.63) is 34.9 Å². The smallest absolute Gasteiger partial charge is 0.211 e. The van der Waals surface area contributed by atoms with E-state index in [1.165, 1.54) is 19.2 Å². The summed E-state index contributed by atoms with van der Waals surface area (Å²) < 4.78 is 30.0. The first-order valence-corrected chi connectivity index (χ1v) is 9.97. The zero-order chi connectivity index (χ0) is 21.3. The molecule has 0 bridgehead atoms. The monoisotopic (exact) mass is 412 g/mol. The van der Waals surface area contributed by atoms with Crippen LogP contribution in [0, 0.1) is 22.8 Å². The van der Waals surface area contributed by atoms with Crippen LogP contribution in [-0.2, 0) is 9.84 Å². The number of nitrogens with two attached hydrogens (primary N) is 2. The van der Waals surface area contributed by atoms with Crippen molar-refractivity contribution in [3.8, 4) is 18.0 Å². The lowest BCUT2D eigenvalue weighted by Gasteiger charge is -2.27. The highest BCUT2D eigenvalue weighted by Crippen LogP contribution is 2.42. The van der Waals surface area contributed by atoms with E-state index in [4.69, 9.17) is 21.5 Å². The van der Waals surface area contributed by atoms with Gasteiger partial charge in [-0.2, -0.15) is 10.5 Å². The van der Waals surface area contributed by atoms with Crippen molar-refractivity contribution in [2.24, 2.45) is 4.99 Å². The molecule has 29 heavy (non-hydrogen) atoms. The zero-order valence-electron chi connectivity index (χ0n) is 15.4. The van der Waals surface area contributed by atoms with E-state index in [0.29, 0.717) is 5.75 Å². The molecule has 0 radical (unpaired) electrons. The van der Waals surface area contributed by atoms with Crippen LogP contribution >= 0.6 is 0 Å². The summed E-state index contributed by atoms with van der Waals surface area (Å²) >= 11 is 0. The van der Waals surface area contributed by atoms with E-state index in [9.17, 15) is 13.7 Å². The number of fused-ring (bicyclic) bond motifs is 1. The number of nitriles is 2. The maximum atomic E-state index is 12.4. The second-order valence-corrected chi connectivity index (χ2v) is 8.06. The van der Waals surface area contributed by atoms with E-state index in [0.717, 1.165) is 6.26 Å². The average Bonchev–Trinajstić information content (AvgIpc) is 2.66. The zero-order valence-corrected chi connectivity index (χ0v) is 16.2. The molecule has 0 fully saturated rings. The van der Waals surface area contributed by atoms with Crippen LogP contribution in [-0.4, -0.2) is 32.7 Å². The van der Waals surface area contributed by atoms with Crippen LogP contribution in [0.1, 0.15) is 22.7 Å². The number of nitrogens with one attached hydrogen (secondary N) is 2. The number of anilines is 3. The summed E-state index contributed by atoms with van der Waals surface area (Å²) in [6, 6.07) is 5.39. The fourth-order valence-corrected chi connectivity index (χ4v) is 3.93. The maximum Gasteiger partial charge on any atom is 0.211 e. The van der Waals surface area contributed by atoms with Crippen molar-refractivity contribution in [2.45, 2.75) is 10.9 Å². The number of aromatic nitrogens is 1. The summed E-state index contributed by atoms with van der Waals surface area (Å²) in [5, 5.41) is 23.5. The van der Waals surface area contributed by atoms with Gasteiger partial charge in [0.25, 0.3) is 0 Å². The van der Waals surface area contributed by atoms with Gasteiger partial charge in [0, 0.05) is 17.4 Å². The Hall–Kier alpha value is -4.03. The molecule has 11 nitrogen and oxygen atoms in total. The minimum atomic E-state index is -3.69. The molecule has 12 heteroatoms. The third-order valence-electron chi connectivity index (χ3n) is 4.27. The first kappa shape index (κ1) is 19.7. The maximum absolute atomic E-state index is 12.4. The number of ether oxygens (including phenoxy) is 1. The molecule has 148 valence electrons. The van der Waals surface area contributed by atoms with Crippen molar-refractivity contribution < 1.29 is 13.2 Å². The van der Waals surface area contributed by atoms with Gasteiger partial charge in [0.05, 0.1) is 17.7 Å². The lowest BCUT2D eigenvalue weighted by atomic mass is 9.95. The fourth-order valence-electron chi connectivity index (χ4n) is 2.99. The number of guanidine groups is 1.